The van der Waals surface area contributed by atoms with Gasteiger partial charge in [0, 0.05) is 12.6 Å². The van der Waals surface area contributed by atoms with E-state index in [-0.39, 0.29) is 0 Å². The van der Waals surface area contributed by atoms with Crippen molar-refractivity contribution in [3.05, 3.63) is 18.6 Å². The first-order valence-corrected chi connectivity index (χ1v) is 5.56. The zero-order chi connectivity index (χ0) is 12.7. The average molecular weight is 248 g/mol. The minimum atomic E-state index is -0.788. The highest BCUT2D eigenvalue weighted by molar-refractivity contribution is 5.86. The molecule has 0 bridgehead atoms. The summed E-state index contributed by atoms with van der Waals surface area (Å²) in [6.45, 7) is 0. The predicted octanol–water partition coefficient (Wildman–Crippen LogP) is -0.139. The third kappa shape index (κ3) is 1.56. The van der Waals surface area contributed by atoms with Crippen LogP contribution in [0.3, 0.4) is 0 Å². The van der Waals surface area contributed by atoms with Crippen LogP contribution in [0.5, 0.6) is 0 Å². The molecule has 3 rings (SSSR count). The summed E-state index contributed by atoms with van der Waals surface area (Å²) >= 11 is 0. The van der Waals surface area contributed by atoms with Crippen LogP contribution in [0.1, 0.15) is 12.6 Å². The number of anilines is 1. The van der Waals surface area contributed by atoms with Crippen LogP contribution < -0.4 is 5.73 Å². The van der Waals surface area contributed by atoms with Gasteiger partial charge in [-0.15, -0.1) is 0 Å². The molecule has 7 nitrogen and oxygen atoms in total. The second kappa shape index (κ2) is 4.04. The van der Waals surface area contributed by atoms with Crippen LogP contribution in [0.2, 0.25) is 0 Å². The zero-order valence-corrected chi connectivity index (χ0v) is 9.43. The molecule has 3 atom stereocenters. The third-order valence-corrected chi connectivity index (χ3v) is 3.12. The first-order valence-electron chi connectivity index (χ1n) is 5.56. The molecule has 94 valence electrons. The molecular formula is C11H12N4O3. The molecule has 0 aromatic carbocycles. The molecule has 7 heteroatoms. The maximum Gasteiger partial charge on any atom is 0.151 e. The van der Waals surface area contributed by atoms with Crippen molar-refractivity contribution < 1.29 is 14.6 Å². The molecule has 1 aliphatic rings. The number of carbonyl (C=O) groups excluding carboxylic acids is 1. The van der Waals surface area contributed by atoms with Crippen molar-refractivity contribution in [2.24, 2.45) is 0 Å². The van der Waals surface area contributed by atoms with Crippen molar-refractivity contribution >= 4 is 23.1 Å². The van der Waals surface area contributed by atoms with Crippen LogP contribution >= 0.6 is 0 Å². The van der Waals surface area contributed by atoms with Gasteiger partial charge in [0.15, 0.2) is 6.29 Å². The minimum absolute atomic E-state index is 0.344. The Balaban J connectivity index is 2.01. The highest BCUT2D eigenvalue weighted by Gasteiger charge is 2.35. The molecule has 18 heavy (non-hydrogen) atoms. The molecule has 0 amide bonds. The Morgan fingerprint density at radius 1 is 1.56 bits per heavy atom. The maximum absolute atomic E-state index is 10.7. The first kappa shape index (κ1) is 11.1. The Kier molecular flexibility index (Phi) is 2.49. The van der Waals surface area contributed by atoms with Gasteiger partial charge in [-0.05, 0) is 6.07 Å². The van der Waals surface area contributed by atoms with Gasteiger partial charge < -0.3 is 24.9 Å². The molecule has 0 radical (unpaired) electrons. The zero-order valence-electron chi connectivity index (χ0n) is 9.43. The molecule has 0 saturated carbocycles. The van der Waals surface area contributed by atoms with Gasteiger partial charge in [-0.1, -0.05) is 0 Å². The van der Waals surface area contributed by atoms with Crippen molar-refractivity contribution in [3.8, 4) is 0 Å². The van der Waals surface area contributed by atoms with Crippen LogP contribution in [-0.4, -0.2) is 38.1 Å². The van der Waals surface area contributed by atoms with E-state index in [0.29, 0.717) is 24.2 Å². The van der Waals surface area contributed by atoms with Gasteiger partial charge >= 0.3 is 0 Å². The van der Waals surface area contributed by atoms with Crippen LogP contribution in [0, 0.1) is 0 Å². The van der Waals surface area contributed by atoms with E-state index >= 15 is 0 Å². The molecule has 3 heterocycles. The predicted molar refractivity (Wildman–Crippen MR) is 62.5 cm³/mol. The Morgan fingerprint density at radius 2 is 2.39 bits per heavy atom. The summed E-state index contributed by atoms with van der Waals surface area (Å²) in [6, 6.07) is 1.79. The number of hydrogen-bond donors (Lipinski definition) is 2. The molecule has 1 fully saturated rings. The number of ether oxygens (including phenoxy) is 1. The van der Waals surface area contributed by atoms with Crippen LogP contribution in [0.25, 0.3) is 11.0 Å². The van der Waals surface area contributed by atoms with Gasteiger partial charge in [0.25, 0.3) is 0 Å². The van der Waals surface area contributed by atoms with Crippen LogP contribution in [-0.2, 0) is 9.53 Å². The number of aldehydes is 1. The quantitative estimate of drug-likeness (QED) is 0.717. The molecule has 3 N–H and O–H groups in total. The first-order chi connectivity index (χ1) is 8.70. The topological polar surface area (TPSA) is 103 Å². The molecule has 0 unspecified atom stereocenters. The van der Waals surface area contributed by atoms with E-state index in [1.165, 1.54) is 6.33 Å². The van der Waals surface area contributed by atoms with E-state index < -0.39 is 18.4 Å². The Bertz CT molecular complexity index is 597. The second-order valence-electron chi connectivity index (χ2n) is 4.21. The summed E-state index contributed by atoms with van der Waals surface area (Å²) in [7, 11) is 0. The van der Waals surface area contributed by atoms with E-state index in [9.17, 15) is 9.90 Å². The average Bonchev–Trinajstić information content (AvgIpc) is 2.93. The van der Waals surface area contributed by atoms with E-state index in [1.54, 1.807) is 16.8 Å². The van der Waals surface area contributed by atoms with E-state index in [2.05, 4.69) is 9.97 Å². The SMILES string of the molecule is Nc1ncnc2c1ccn2[C@H]1C[C@H](O)[C@@H](C=O)O1. The van der Waals surface area contributed by atoms with Crippen molar-refractivity contribution in [2.75, 3.05) is 5.73 Å². The number of fused-ring (bicyclic) bond motifs is 1. The van der Waals surface area contributed by atoms with Gasteiger partial charge in [0.1, 0.15) is 30.1 Å². The lowest BCUT2D eigenvalue weighted by Crippen LogP contribution is -2.21. The monoisotopic (exact) mass is 248 g/mol. The molecule has 1 aliphatic heterocycles. The fraction of sp³-hybridized carbons (Fsp3) is 0.364. The summed E-state index contributed by atoms with van der Waals surface area (Å²) in [4.78, 5) is 18.8. The van der Waals surface area contributed by atoms with Gasteiger partial charge in [-0.2, -0.15) is 0 Å². The fourth-order valence-corrected chi connectivity index (χ4v) is 2.19. The molecule has 0 aliphatic carbocycles. The third-order valence-electron chi connectivity index (χ3n) is 3.12. The molecule has 2 aromatic heterocycles. The minimum Gasteiger partial charge on any atom is -0.390 e. The van der Waals surface area contributed by atoms with E-state index in [0.717, 1.165) is 5.39 Å². The Hall–Kier alpha value is -1.99. The van der Waals surface area contributed by atoms with Crippen LogP contribution in [0.4, 0.5) is 5.82 Å². The summed E-state index contributed by atoms with van der Waals surface area (Å²) in [6.07, 6.45) is 2.10. The fourth-order valence-electron chi connectivity index (χ4n) is 2.19. The highest BCUT2D eigenvalue weighted by atomic mass is 16.5. The number of rotatable bonds is 2. The van der Waals surface area contributed by atoms with E-state index in [4.69, 9.17) is 10.5 Å². The second-order valence-corrected chi connectivity index (χ2v) is 4.21. The Morgan fingerprint density at radius 3 is 3.11 bits per heavy atom. The van der Waals surface area contributed by atoms with Gasteiger partial charge in [-0.3, -0.25) is 0 Å². The van der Waals surface area contributed by atoms with E-state index in [1.807, 2.05) is 0 Å². The summed E-state index contributed by atoms with van der Waals surface area (Å²) < 4.78 is 7.21. The maximum atomic E-state index is 10.7. The summed E-state index contributed by atoms with van der Waals surface area (Å²) in [5.74, 6) is 0.393. The molecule has 2 aromatic rings. The normalized spacial score (nSPS) is 27.7. The molecule has 1 saturated heterocycles. The molecular weight excluding hydrogens is 236 g/mol. The number of aliphatic hydroxyl groups excluding tert-OH is 1. The smallest absolute Gasteiger partial charge is 0.151 e. The van der Waals surface area contributed by atoms with Gasteiger partial charge in [0.05, 0.1) is 11.5 Å². The lowest BCUT2D eigenvalue weighted by molar-refractivity contribution is -0.122. The summed E-state index contributed by atoms with van der Waals surface area (Å²) in [5.41, 5.74) is 6.37. The number of aromatic nitrogens is 3. The lowest BCUT2D eigenvalue weighted by atomic mass is 10.2. The number of nitrogens with two attached hydrogens (primary N) is 1. The van der Waals surface area contributed by atoms with Crippen molar-refractivity contribution in [2.45, 2.75) is 24.9 Å². The standard InChI is InChI=1S/C11H12N4O3/c12-10-6-1-2-15(11(6)14-5-13-10)9-3-7(17)8(4-16)18-9/h1-2,4-5,7-9,17H,3H2,(H2,12,13,14)/t7-,8+,9+/m0/s1. The van der Waals surface area contributed by atoms with Crippen LogP contribution in [0.15, 0.2) is 18.6 Å². The van der Waals surface area contributed by atoms with Gasteiger partial charge in [0.2, 0.25) is 0 Å². The number of aliphatic hydroxyl groups is 1. The van der Waals surface area contributed by atoms with Crippen molar-refractivity contribution in [3.63, 3.8) is 0 Å². The molecule has 0 spiro atoms. The number of nitrogen functional groups attached to an aromatic ring is 1. The lowest BCUT2D eigenvalue weighted by Gasteiger charge is -2.12. The summed E-state index contributed by atoms with van der Waals surface area (Å²) in [5, 5.41) is 10.4. The number of carbonyl (C=O) groups is 1. The number of nitrogens with zero attached hydrogens (tertiary/aromatic N) is 3. The highest BCUT2D eigenvalue weighted by Crippen LogP contribution is 2.31. The van der Waals surface area contributed by atoms with Gasteiger partial charge in [-0.25, -0.2) is 9.97 Å². The number of hydrogen-bond acceptors (Lipinski definition) is 6. The van der Waals surface area contributed by atoms with Crippen molar-refractivity contribution in [1.82, 2.24) is 14.5 Å². The van der Waals surface area contributed by atoms with Crippen molar-refractivity contribution in [1.29, 1.82) is 0 Å². The largest absolute Gasteiger partial charge is 0.390 e. The Labute approximate surface area is 102 Å².